The van der Waals surface area contributed by atoms with Gasteiger partial charge in [0.1, 0.15) is 0 Å². The smallest absolute Gasteiger partial charge is 0.247 e. The number of unbranched alkanes of at least 4 members (excludes halogenated alkanes) is 14. The summed E-state index contributed by atoms with van der Waals surface area (Å²) in [5.74, 6) is 0. The minimum Gasteiger partial charge on any atom is -0.247 e. The van der Waals surface area contributed by atoms with E-state index in [0.29, 0.717) is 12.8 Å². The predicted molar refractivity (Wildman–Crippen MR) is 116 cm³/mol. The van der Waals surface area contributed by atoms with E-state index >= 15 is 0 Å². The van der Waals surface area contributed by atoms with E-state index in [1.807, 2.05) is 0 Å². The molecule has 0 heterocycles. The Kier molecular flexibility index (Phi) is 18.4. The van der Waals surface area contributed by atoms with Gasteiger partial charge in [-0.25, -0.2) is 8.37 Å². The first kappa shape index (κ1) is 28.8. The quantitative estimate of drug-likeness (QED) is 0.189. The second-order valence-electron chi connectivity index (χ2n) is 7.48. The van der Waals surface area contributed by atoms with Crippen molar-refractivity contribution in [3.8, 4) is 0 Å². The van der Waals surface area contributed by atoms with Crippen molar-refractivity contribution in [1.82, 2.24) is 0 Å². The molecular weight excluding hydrogens is 416 g/mol. The fourth-order valence-electron chi connectivity index (χ4n) is 2.94. The summed E-state index contributed by atoms with van der Waals surface area (Å²) in [4.78, 5) is 0. The molecular formula is C20H42O7S2. The molecule has 0 aromatic heterocycles. The van der Waals surface area contributed by atoms with Gasteiger partial charge in [0.15, 0.2) is 0 Å². The van der Waals surface area contributed by atoms with Crippen LogP contribution < -0.4 is 0 Å². The Hall–Kier alpha value is -0.220. The molecule has 29 heavy (non-hydrogen) atoms. The molecule has 176 valence electrons. The van der Waals surface area contributed by atoms with E-state index < -0.39 is 20.8 Å². The van der Waals surface area contributed by atoms with Crippen LogP contribution in [0.3, 0.4) is 0 Å². The molecule has 0 spiro atoms. The Balaban J connectivity index is 3.75. The van der Waals surface area contributed by atoms with Crippen molar-refractivity contribution in [2.24, 2.45) is 0 Å². The van der Waals surface area contributed by atoms with Crippen LogP contribution in [0.1, 0.15) is 117 Å². The second-order valence-corrected chi connectivity index (χ2v) is 10.1. The van der Waals surface area contributed by atoms with Crippen LogP contribution in [-0.4, -0.2) is 30.0 Å². The van der Waals surface area contributed by atoms with Crippen LogP contribution in [0.2, 0.25) is 0 Å². The normalized spacial score (nSPS) is 12.5. The molecule has 0 saturated heterocycles. The van der Waals surface area contributed by atoms with E-state index in [2.05, 4.69) is 25.8 Å². The van der Waals surface area contributed by atoms with E-state index in [1.165, 1.54) is 51.4 Å². The molecule has 0 bridgehead atoms. The summed E-state index contributed by atoms with van der Waals surface area (Å²) in [6.07, 6.45) is 16.7. The first-order valence-electron chi connectivity index (χ1n) is 11.3. The van der Waals surface area contributed by atoms with Crippen molar-refractivity contribution in [1.29, 1.82) is 0 Å². The lowest BCUT2D eigenvalue weighted by atomic mass is 10.1. The van der Waals surface area contributed by atoms with Gasteiger partial charge < -0.3 is 0 Å². The SMILES string of the molecule is CCCCCCCCCCOS(=O)(=O)OS(=O)(=O)OCCCCCCCCCC. The van der Waals surface area contributed by atoms with Crippen LogP contribution >= 0.6 is 0 Å². The zero-order valence-corrected chi connectivity index (χ0v) is 20.0. The summed E-state index contributed by atoms with van der Waals surface area (Å²) < 4.78 is 59.7. The predicted octanol–water partition coefficient (Wildman–Crippen LogP) is 5.81. The molecule has 0 amide bonds. The van der Waals surface area contributed by atoms with E-state index in [0.717, 1.165) is 38.5 Å². The Labute approximate surface area is 179 Å². The molecule has 0 aliphatic rings. The molecule has 0 aromatic carbocycles. The van der Waals surface area contributed by atoms with Gasteiger partial charge in [-0.1, -0.05) is 104 Å². The summed E-state index contributed by atoms with van der Waals surface area (Å²) in [5.41, 5.74) is 0. The Bertz CT molecular complexity index is 509. The molecule has 0 aliphatic carbocycles. The Morgan fingerprint density at radius 3 is 1.03 bits per heavy atom. The van der Waals surface area contributed by atoms with Gasteiger partial charge in [0.2, 0.25) is 0 Å². The third-order valence-electron chi connectivity index (χ3n) is 4.62. The average molecular weight is 459 g/mol. The van der Waals surface area contributed by atoms with Crippen LogP contribution in [-0.2, 0) is 32.8 Å². The van der Waals surface area contributed by atoms with Crippen LogP contribution in [0.25, 0.3) is 0 Å². The van der Waals surface area contributed by atoms with Gasteiger partial charge in [-0.3, -0.25) is 0 Å². The van der Waals surface area contributed by atoms with Gasteiger partial charge in [-0.2, -0.15) is 16.8 Å². The second kappa shape index (κ2) is 18.5. The minimum atomic E-state index is -4.62. The van der Waals surface area contributed by atoms with Gasteiger partial charge in [-0.15, -0.1) is 3.63 Å². The van der Waals surface area contributed by atoms with E-state index in [-0.39, 0.29) is 13.2 Å². The van der Waals surface area contributed by atoms with Gasteiger partial charge in [0.05, 0.1) is 13.2 Å². The van der Waals surface area contributed by atoms with E-state index in [1.54, 1.807) is 0 Å². The molecule has 0 saturated carbocycles. The van der Waals surface area contributed by atoms with E-state index in [9.17, 15) is 16.8 Å². The number of hydrogen-bond donors (Lipinski definition) is 0. The maximum atomic E-state index is 11.6. The molecule has 0 N–H and O–H groups in total. The fourth-order valence-corrected chi connectivity index (χ4v) is 4.71. The molecule has 0 unspecified atom stereocenters. The lowest BCUT2D eigenvalue weighted by Gasteiger charge is -2.07. The average Bonchev–Trinajstić information content (AvgIpc) is 2.64. The lowest BCUT2D eigenvalue weighted by molar-refractivity contribution is 0.232. The number of rotatable bonds is 22. The fraction of sp³-hybridized carbons (Fsp3) is 1.00. The van der Waals surface area contributed by atoms with Gasteiger partial charge >= 0.3 is 20.8 Å². The summed E-state index contributed by atoms with van der Waals surface area (Å²) in [7, 11) is -9.23. The standard InChI is InChI=1S/C20H42O7S2/c1-3-5-7-9-11-13-15-17-19-25-28(21,22)27-29(23,24)26-20-18-16-14-12-10-8-6-4-2/h3-20H2,1-2H3. The Morgan fingerprint density at radius 2 is 0.724 bits per heavy atom. The topological polar surface area (TPSA) is 96.0 Å². The maximum absolute atomic E-state index is 11.6. The summed E-state index contributed by atoms with van der Waals surface area (Å²) in [5, 5.41) is 0. The van der Waals surface area contributed by atoms with Crippen molar-refractivity contribution in [3.05, 3.63) is 0 Å². The van der Waals surface area contributed by atoms with Crippen molar-refractivity contribution in [2.75, 3.05) is 13.2 Å². The molecule has 0 aromatic rings. The van der Waals surface area contributed by atoms with Crippen LogP contribution in [0, 0.1) is 0 Å². The van der Waals surface area contributed by atoms with Crippen LogP contribution in [0.15, 0.2) is 0 Å². The first-order chi connectivity index (χ1) is 13.8. The van der Waals surface area contributed by atoms with Crippen LogP contribution in [0.5, 0.6) is 0 Å². The Morgan fingerprint density at radius 1 is 0.448 bits per heavy atom. The van der Waals surface area contributed by atoms with Gasteiger partial charge in [0.25, 0.3) is 0 Å². The third kappa shape index (κ3) is 20.8. The maximum Gasteiger partial charge on any atom is 0.416 e. The van der Waals surface area contributed by atoms with Gasteiger partial charge in [-0.05, 0) is 12.8 Å². The highest BCUT2D eigenvalue weighted by molar-refractivity contribution is 7.95. The van der Waals surface area contributed by atoms with Crippen molar-refractivity contribution < 1.29 is 28.8 Å². The molecule has 0 aliphatic heterocycles. The van der Waals surface area contributed by atoms with Crippen molar-refractivity contribution >= 4 is 20.8 Å². The molecule has 0 fully saturated rings. The highest BCUT2D eigenvalue weighted by Gasteiger charge is 2.24. The summed E-state index contributed by atoms with van der Waals surface area (Å²) in [6.45, 7) is 4.15. The van der Waals surface area contributed by atoms with Crippen LogP contribution in [0.4, 0.5) is 0 Å². The zero-order chi connectivity index (χ0) is 21.8. The lowest BCUT2D eigenvalue weighted by Crippen LogP contribution is -2.19. The van der Waals surface area contributed by atoms with E-state index in [4.69, 9.17) is 0 Å². The monoisotopic (exact) mass is 458 g/mol. The highest BCUT2D eigenvalue weighted by atomic mass is 32.3. The number of hydrogen-bond acceptors (Lipinski definition) is 7. The zero-order valence-electron chi connectivity index (χ0n) is 18.4. The molecule has 7 nitrogen and oxygen atoms in total. The third-order valence-corrected chi connectivity index (χ3v) is 6.86. The first-order valence-corrected chi connectivity index (χ1v) is 14.0. The van der Waals surface area contributed by atoms with Crippen molar-refractivity contribution in [3.63, 3.8) is 0 Å². The van der Waals surface area contributed by atoms with Gasteiger partial charge in [0, 0.05) is 0 Å². The summed E-state index contributed by atoms with van der Waals surface area (Å²) in [6, 6.07) is 0. The highest BCUT2D eigenvalue weighted by Crippen LogP contribution is 2.12. The molecule has 0 atom stereocenters. The largest absolute Gasteiger partial charge is 0.416 e. The van der Waals surface area contributed by atoms with Crippen molar-refractivity contribution in [2.45, 2.75) is 117 Å². The summed E-state index contributed by atoms with van der Waals surface area (Å²) >= 11 is 0. The molecule has 9 heteroatoms. The minimum absolute atomic E-state index is 0.0924. The molecule has 0 rings (SSSR count). The molecule has 0 radical (unpaired) electrons.